The summed E-state index contributed by atoms with van der Waals surface area (Å²) in [6.07, 6.45) is 1.89. The highest BCUT2D eigenvalue weighted by molar-refractivity contribution is 6.36. The lowest BCUT2D eigenvalue weighted by Crippen LogP contribution is -2.43. The zero-order chi connectivity index (χ0) is 13.4. The van der Waals surface area contributed by atoms with Crippen LogP contribution < -0.4 is 5.32 Å². The van der Waals surface area contributed by atoms with Gasteiger partial charge >= 0.3 is 0 Å². The number of fused-ring (bicyclic) bond motifs is 1. The number of hydrogen-bond donors (Lipinski definition) is 1. The van der Waals surface area contributed by atoms with Crippen LogP contribution in [0.2, 0.25) is 10.0 Å². The van der Waals surface area contributed by atoms with Crippen molar-refractivity contribution < 1.29 is 0 Å². The summed E-state index contributed by atoms with van der Waals surface area (Å²) in [5, 5.41) is 4.59. The summed E-state index contributed by atoms with van der Waals surface area (Å²) in [6, 6.07) is 1.74. The fraction of sp³-hybridized carbons (Fsp3) is 0.462. The van der Waals surface area contributed by atoms with E-state index >= 15 is 0 Å². The number of aryl methyl sites for hydroxylation is 1. The summed E-state index contributed by atoms with van der Waals surface area (Å²) in [4.78, 5) is 6.97. The van der Waals surface area contributed by atoms with Crippen molar-refractivity contribution in [1.29, 1.82) is 0 Å². The average molecular weight is 299 g/mol. The Morgan fingerprint density at radius 2 is 2.05 bits per heavy atom. The van der Waals surface area contributed by atoms with E-state index in [4.69, 9.17) is 23.2 Å². The maximum atomic E-state index is 6.20. The number of nitrogens with zero attached hydrogens (tertiary/aromatic N) is 3. The fourth-order valence-electron chi connectivity index (χ4n) is 2.50. The van der Waals surface area contributed by atoms with Crippen LogP contribution in [0, 0.1) is 6.92 Å². The van der Waals surface area contributed by atoms with Crippen molar-refractivity contribution in [3.63, 3.8) is 0 Å². The van der Waals surface area contributed by atoms with Crippen molar-refractivity contribution in [2.45, 2.75) is 13.5 Å². The van der Waals surface area contributed by atoms with E-state index < -0.39 is 0 Å². The molecule has 4 nitrogen and oxygen atoms in total. The van der Waals surface area contributed by atoms with Gasteiger partial charge in [-0.05, 0) is 13.0 Å². The minimum atomic E-state index is 0.599. The van der Waals surface area contributed by atoms with Crippen LogP contribution in [0.1, 0.15) is 11.4 Å². The molecule has 0 aliphatic carbocycles. The normalized spacial score (nSPS) is 17.2. The van der Waals surface area contributed by atoms with Gasteiger partial charge in [-0.3, -0.25) is 9.30 Å². The monoisotopic (exact) mass is 298 g/mol. The number of nitrogens with one attached hydrogen (secondary N) is 1. The highest BCUT2D eigenvalue weighted by Gasteiger charge is 2.16. The lowest BCUT2D eigenvalue weighted by atomic mass is 10.3. The third-order valence-corrected chi connectivity index (χ3v) is 4.01. The Bertz CT molecular complexity index is 602. The van der Waals surface area contributed by atoms with Gasteiger partial charge in [0, 0.05) is 38.9 Å². The number of hydrogen-bond acceptors (Lipinski definition) is 3. The molecule has 0 amide bonds. The van der Waals surface area contributed by atoms with Gasteiger partial charge in [-0.1, -0.05) is 23.2 Å². The predicted molar refractivity (Wildman–Crippen MR) is 78.1 cm³/mol. The van der Waals surface area contributed by atoms with E-state index in [1.54, 1.807) is 6.07 Å². The van der Waals surface area contributed by atoms with Gasteiger partial charge in [0.15, 0.2) is 5.65 Å². The van der Waals surface area contributed by atoms with Gasteiger partial charge < -0.3 is 5.32 Å². The molecule has 19 heavy (non-hydrogen) atoms. The molecule has 0 aromatic carbocycles. The quantitative estimate of drug-likeness (QED) is 0.924. The molecule has 1 aliphatic heterocycles. The molecule has 0 atom stereocenters. The van der Waals surface area contributed by atoms with Crippen molar-refractivity contribution in [1.82, 2.24) is 19.6 Å². The largest absolute Gasteiger partial charge is 0.314 e. The van der Waals surface area contributed by atoms with Crippen LogP contribution >= 0.6 is 23.2 Å². The van der Waals surface area contributed by atoms with Gasteiger partial charge in [0.1, 0.15) is 0 Å². The number of pyridine rings is 1. The Hall–Kier alpha value is -0.810. The van der Waals surface area contributed by atoms with E-state index in [0.29, 0.717) is 10.0 Å². The van der Waals surface area contributed by atoms with Gasteiger partial charge in [0.25, 0.3) is 0 Å². The summed E-state index contributed by atoms with van der Waals surface area (Å²) in [5.74, 6) is 0. The van der Waals surface area contributed by atoms with E-state index in [2.05, 4.69) is 15.2 Å². The number of piperazine rings is 1. The summed E-state index contributed by atoms with van der Waals surface area (Å²) < 4.78 is 2.02. The number of halogens is 2. The first-order valence-electron chi connectivity index (χ1n) is 6.41. The van der Waals surface area contributed by atoms with E-state index in [1.807, 2.05) is 17.5 Å². The Labute approximate surface area is 122 Å². The highest BCUT2D eigenvalue weighted by Crippen LogP contribution is 2.25. The summed E-state index contributed by atoms with van der Waals surface area (Å²) in [5.41, 5.74) is 2.97. The molecule has 102 valence electrons. The molecule has 2 aromatic rings. The maximum absolute atomic E-state index is 6.20. The summed E-state index contributed by atoms with van der Waals surface area (Å²) in [6.45, 7) is 7.09. The molecule has 0 spiro atoms. The van der Waals surface area contributed by atoms with Crippen LogP contribution in [0.3, 0.4) is 0 Å². The molecular formula is C13H16Cl2N4. The lowest BCUT2D eigenvalue weighted by Gasteiger charge is -2.27. The smallest absolute Gasteiger partial charge is 0.156 e. The molecule has 3 heterocycles. The lowest BCUT2D eigenvalue weighted by molar-refractivity contribution is 0.230. The standard InChI is InChI=1S/C13H16Cl2N4/c1-9-12(8-18-4-2-16-3-5-18)19-7-10(14)6-11(15)13(19)17-9/h6-7,16H,2-5,8H2,1H3. The molecule has 0 bridgehead atoms. The van der Waals surface area contributed by atoms with Crippen LogP contribution in [0.15, 0.2) is 12.3 Å². The van der Waals surface area contributed by atoms with Crippen LogP contribution in [0.5, 0.6) is 0 Å². The first kappa shape index (κ1) is 13.2. The van der Waals surface area contributed by atoms with Crippen LogP contribution in [-0.4, -0.2) is 40.5 Å². The Morgan fingerprint density at radius 1 is 1.32 bits per heavy atom. The average Bonchev–Trinajstić information content (AvgIpc) is 2.69. The molecular weight excluding hydrogens is 283 g/mol. The number of imidazole rings is 1. The number of rotatable bonds is 2. The van der Waals surface area contributed by atoms with E-state index in [0.717, 1.165) is 44.1 Å². The van der Waals surface area contributed by atoms with Crippen molar-refractivity contribution in [2.24, 2.45) is 0 Å². The second-order valence-electron chi connectivity index (χ2n) is 4.87. The topological polar surface area (TPSA) is 32.6 Å². The molecule has 0 saturated carbocycles. The maximum Gasteiger partial charge on any atom is 0.156 e. The minimum Gasteiger partial charge on any atom is -0.314 e. The third kappa shape index (κ3) is 2.58. The second-order valence-corrected chi connectivity index (χ2v) is 5.71. The van der Waals surface area contributed by atoms with Crippen LogP contribution in [0.4, 0.5) is 0 Å². The SMILES string of the molecule is Cc1nc2c(Cl)cc(Cl)cn2c1CN1CCNCC1. The van der Waals surface area contributed by atoms with Gasteiger partial charge in [-0.15, -0.1) is 0 Å². The first-order chi connectivity index (χ1) is 9.15. The zero-order valence-electron chi connectivity index (χ0n) is 10.8. The van der Waals surface area contributed by atoms with Crippen LogP contribution in [-0.2, 0) is 6.54 Å². The van der Waals surface area contributed by atoms with Crippen molar-refractivity contribution in [2.75, 3.05) is 26.2 Å². The van der Waals surface area contributed by atoms with Crippen molar-refractivity contribution in [3.8, 4) is 0 Å². The Morgan fingerprint density at radius 3 is 2.79 bits per heavy atom. The van der Waals surface area contributed by atoms with E-state index in [1.165, 1.54) is 5.69 Å². The van der Waals surface area contributed by atoms with Gasteiger partial charge in [0.05, 0.1) is 21.4 Å². The Balaban J connectivity index is 1.99. The zero-order valence-corrected chi connectivity index (χ0v) is 12.3. The Kier molecular flexibility index (Phi) is 3.67. The molecule has 1 fully saturated rings. The third-order valence-electron chi connectivity index (χ3n) is 3.52. The van der Waals surface area contributed by atoms with Crippen molar-refractivity contribution in [3.05, 3.63) is 33.7 Å². The molecule has 1 aliphatic rings. The fourth-order valence-corrected chi connectivity index (χ4v) is 3.02. The summed E-state index contributed by atoms with van der Waals surface area (Å²) >= 11 is 12.3. The van der Waals surface area contributed by atoms with Crippen LogP contribution in [0.25, 0.3) is 5.65 Å². The highest BCUT2D eigenvalue weighted by atomic mass is 35.5. The molecule has 0 unspecified atom stereocenters. The molecule has 2 aromatic heterocycles. The number of aromatic nitrogens is 2. The van der Waals surface area contributed by atoms with E-state index in [-0.39, 0.29) is 0 Å². The first-order valence-corrected chi connectivity index (χ1v) is 7.16. The second kappa shape index (κ2) is 5.29. The molecule has 6 heteroatoms. The molecule has 1 N–H and O–H groups in total. The molecule has 1 saturated heterocycles. The minimum absolute atomic E-state index is 0.599. The van der Waals surface area contributed by atoms with Gasteiger partial charge in [0.2, 0.25) is 0 Å². The molecule has 3 rings (SSSR count). The van der Waals surface area contributed by atoms with E-state index in [9.17, 15) is 0 Å². The molecule has 0 radical (unpaired) electrons. The van der Waals surface area contributed by atoms with Crippen molar-refractivity contribution >= 4 is 28.8 Å². The van der Waals surface area contributed by atoms with Gasteiger partial charge in [-0.25, -0.2) is 4.98 Å². The predicted octanol–water partition coefficient (Wildman–Crippen LogP) is 2.35. The van der Waals surface area contributed by atoms with Gasteiger partial charge in [-0.2, -0.15) is 0 Å². The summed E-state index contributed by atoms with van der Waals surface area (Å²) in [7, 11) is 0.